The van der Waals surface area contributed by atoms with Crippen LogP contribution in [0.5, 0.6) is 0 Å². The number of nitrogens with two attached hydrogens (primary N) is 1. The first-order valence-electron chi connectivity index (χ1n) is 7.49. The Labute approximate surface area is 124 Å². The van der Waals surface area contributed by atoms with E-state index in [1.807, 2.05) is 12.3 Å². The quantitative estimate of drug-likeness (QED) is 0.882. The van der Waals surface area contributed by atoms with E-state index in [0.717, 1.165) is 18.7 Å². The minimum Gasteiger partial charge on any atom is -0.367 e. The SMILES string of the molecule is NCc1ccc(N(CCn2ccccc2=O)C2CC2)cc1. The first-order chi connectivity index (χ1) is 10.3. The Morgan fingerprint density at radius 1 is 1.14 bits per heavy atom. The van der Waals surface area contributed by atoms with Gasteiger partial charge in [-0.2, -0.15) is 0 Å². The van der Waals surface area contributed by atoms with Gasteiger partial charge in [0, 0.05) is 43.6 Å². The van der Waals surface area contributed by atoms with Gasteiger partial charge in [-0.15, -0.1) is 0 Å². The molecule has 4 heteroatoms. The predicted octanol–water partition coefficient (Wildman–Crippen LogP) is 1.98. The molecule has 110 valence electrons. The lowest BCUT2D eigenvalue weighted by atomic mass is 10.2. The molecule has 0 spiro atoms. The topological polar surface area (TPSA) is 51.3 Å². The molecule has 21 heavy (non-hydrogen) atoms. The molecule has 1 heterocycles. The van der Waals surface area contributed by atoms with Crippen molar-refractivity contribution in [3.05, 3.63) is 64.6 Å². The molecule has 0 amide bonds. The minimum atomic E-state index is 0.0618. The average Bonchev–Trinajstić information content (AvgIpc) is 3.35. The van der Waals surface area contributed by atoms with E-state index in [1.165, 1.54) is 18.5 Å². The summed E-state index contributed by atoms with van der Waals surface area (Å²) in [5.41, 5.74) is 8.08. The third kappa shape index (κ3) is 3.34. The number of nitrogens with zero attached hydrogens (tertiary/aromatic N) is 2. The van der Waals surface area contributed by atoms with Crippen LogP contribution < -0.4 is 16.2 Å². The molecule has 0 unspecified atom stereocenters. The molecule has 0 bridgehead atoms. The molecule has 1 fully saturated rings. The van der Waals surface area contributed by atoms with Gasteiger partial charge >= 0.3 is 0 Å². The monoisotopic (exact) mass is 283 g/mol. The van der Waals surface area contributed by atoms with Crippen molar-refractivity contribution in [3.63, 3.8) is 0 Å². The Balaban J connectivity index is 1.73. The fourth-order valence-corrected chi connectivity index (χ4v) is 2.59. The summed E-state index contributed by atoms with van der Waals surface area (Å²) in [5.74, 6) is 0. The number of hydrogen-bond acceptors (Lipinski definition) is 3. The van der Waals surface area contributed by atoms with Crippen LogP contribution in [0.2, 0.25) is 0 Å². The van der Waals surface area contributed by atoms with Crippen LogP contribution in [-0.2, 0) is 13.1 Å². The normalized spacial score (nSPS) is 14.1. The van der Waals surface area contributed by atoms with Crippen molar-refractivity contribution in [1.82, 2.24) is 4.57 Å². The second-order valence-electron chi connectivity index (χ2n) is 5.53. The van der Waals surface area contributed by atoms with Crippen LogP contribution in [0.25, 0.3) is 0 Å². The van der Waals surface area contributed by atoms with Crippen molar-refractivity contribution in [3.8, 4) is 0 Å². The van der Waals surface area contributed by atoms with Gasteiger partial charge in [-0.3, -0.25) is 4.79 Å². The number of pyridine rings is 1. The summed E-state index contributed by atoms with van der Waals surface area (Å²) in [5, 5.41) is 0. The lowest BCUT2D eigenvalue weighted by Gasteiger charge is -2.25. The summed E-state index contributed by atoms with van der Waals surface area (Å²) in [6.07, 6.45) is 4.33. The molecule has 2 aromatic rings. The molecular formula is C17H21N3O. The van der Waals surface area contributed by atoms with E-state index in [-0.39, 0.29) is 5.56 Å². The highest BCUT2D eigenvalue weighted by Gasteiger charge is 2.28. The maximum atomic E-state index is 11.8. The number of benzene rings is 1. The molecule has 1 aliphatic carbocycles. The van der Waals surface area contributed by atoms with Crippen LogP contribution in [0.4, 0.5) is 5.69 Å². The van der Waals surface area contributed by atoms with Gasteiger partial charge in [-0.05, 0) is 36.6 Å². The summed E-state index contributed by atoms with van der Waals surface area (Å²) in [6.45, 7) is 2.15. The molecular weight excluding hydrogens is 262 g/mol. The lowest BCUT2D eigenvalue weighted by molar-refractivity contribution is 0.634. The van der Waals surface area contributed by atoms with Gasteiger partial charge in [0.15, 0.2) is 0 Å². The van der Waals surface area contributed by atoms with Crippen molar-refractivity contribution in [1.29, 1.82) is 0 Å². The van der Waals surface area contributed by atoms with Crippen molar-refractivity contribution < 1.29 is 0 Å². The molecule has 4 nitrogen and oxygen atoms in total. The van der Waals surface area contributed by atoms with E-state index in [1.54, 1.807) is 16.7 Å². The van der Waals surface area contributed by atoms with Crippen molar-refractivity contribution in [2.24, 2.45) is 5.73 Å². The van der Waals surface area contributed by atoms with Gasteiger partial charge in [-0.25, -0.2) is 0 Å². The highest BCUT2D eigenvalue weighted by molar-refractivity contribution is 5.49. The maximum Gasteiger partial charge on any atom is 0.250 e. The van der Waals surface area contributed by atoms with Crippen LogP contribution >= 0.6 is 0 Å². The van der Waals surface area contributed by atoms with Crippen LogP contribution in [0.3, 0.4) is 0 Å². The molecule has 0 atom stereocenters. The highest BCUT2D eigenvalue weighted by atomic mass is 16.1. The number of anilines is 1. The first kappa shape index (κ1) is 13.9. The van der Waals surface area contributed by atoms with Crippen LogP contribution in [-0.4, -0.2) is 17.2 Å². The van der Waals surface area contributed by atoms with Crippen molar-refractivity contribution in [2.45, 2.75) is 32.0 Å². The largest absolute Gasteiger partial charge is 0.367 e. The average molecular weight is 283 g/mol. The van der Waals surface area contributed by atoms with Crippen molar-refractivity contribution >= 4 is 5.69 Å². The van der Waals surface area contributed by atoms with Gasteiger partial charge < -0.3 is 15.2 Å². The molecule has 3 rings (SSSR count). The molecule has 0 saturated heterocycles. The van der Waals surface area contributed by atoms with E-state index in [9.17, 15) is 4.79 Å². The van der Waals surface area contributed by atoms with Gasteiger partial charge in [0.2, 0.25) is 0 Å². The van der Waals surface area contributed by atoms with E-state index in [2.05, 4.69) is 29.2 Å². The zero-order valence-corrected chi connectivity index (χ0v) is 12.1. The Bertz CT molecular complexity index is 644. The Hall–Kier alpha value is -2.07. The zero-order valence-electron chi connectivity index (χ0n) is 12.1. The molecule has 0 aliphatic heterocycles. The highest BCUT2D eigenvalue weighted by Crippen LogP contribution is 2.31. The summed E-state index contributed by atoms with van der Waals surface area (Å²) in [4.78, 5) is 14.2. The van der Waals surface area contributed by atoms with Gasteiger partial charge in [0.05, 0.1) is 0 Å². The van der Waals surface area contributed by atoms with E-state index in [0.29, 0.717) is 12.6 Å². The first-order valence-corrected chi connectivity index (χ1v) is 7.49. The fourth-order valence-electron chi connectivity index (χ4n) is 2.59. The Morgan fingerprint density at radius 2 is 1.90 bits per heavy atom. The number of hydrogen-bond donors (Lipinski definition) is 1. The fraction of sp³-hybridized carbons (Fsp3) is 0.353. The van der Waals surface area contributed by atoms with Crippen molar-refractivity contribution in [2.75, 3.05) is 11.4 Å². The summed E-state index contributed by atoms with van der Waals surface area (Å²) < 4.78 is 1.77. The summed E-state index contributed by atoms with van der Waals surface area (Å²) in [7, 11) is 0. The molecule has 1 aliphatic rings. The van der Waals surface area contributed by atoms with Crippen LogP contribution in [0.1, 0.15) is 18.4 Å². The third-order valence-corrected chi connectivity index (χ3v) is 3.97. The second kappa shape index (κ2) is 6.14. The maximum absolute atomic E-state index is 11.8. The Kier molecular flexibility index (Phi) is 4.06. The molecule has 1 aromatic carbocycles. The Morgan fingerprint density at radius 3 is 2.52 bits per heavy atom. The van der Waals surface area contributed by atoms with E-state index >= 15 is 0 Å². The van der Waals surface area contributed by atoms with E-state index < -0.39 is 0 Å². The van der Waals surface area contributed by atoms with Gasteiger partial charge in [-0.1, -0.05) is 18.2 Å². The van der Waals surface area contributed by atoms with Crippen LogP contribution in [0, 0.1) is 0 Å². The molecule has 0 radical (unpaired) electrons. The third-order valence-electron chi connectivity index (χ3n) is 3.97. The number of rotatable bonds is 6. The predicted molar refractivity (Wildman–Crippen MR) is 85.4 cm³/mol. The minimum absolute atomic E-state index is 0.0618. The summed E-state index contributed by atoms with van der Waals surface area (Å²) >= 11 is 0. The smallest absolute Gasteiger partial charge is 0.250 e. The zero-order chi connectivity index (χ0) is 14.7. The second-order valence-corrected chi connectivity index (χ2v) is 5.53. The van der Waals surface area contributed by atoms with Gasteiger partial charge in [0.1, 0.15) is 0 Å². The molecule has 1 saturated carbocycles. The summed E-state index contributed by atoms with van der Waals surface area (Å²) in [6, 6.07) is 14.3. The van der Waals surface area contributed by atoms with Gasteiger partial charge in [0.25, 0.3) is 5.56 Å². The lowest BCUT2D eigenvalue weighted by Crippen LogP contribution is -2.32. The molecule has 2 N–H and O–H groups in total. The van der Waals surface area contributed by atoms with E-state index in [4.69, 9.17) is 5.73 Å². The number of aromatic nitrogens is 1. The van der Waals surface area contributed by atoms with Crippen LogP contribution in [0.15, 0.2) is 53.5 Å². The standard InChI is InChI=1S/C17H21N3O/c18-13-14-4-6-15(7-5-14)20(16-8-9-16)12-11-19-10-2-1-3-17(19)21/h1-7,10,16H,8-9,11-13,18H2. The molecule has 1 aromatic heterocycles.